The van der Waals surface area contributed by atoms with Crippen molar-refractivity contribution >= 4 is 34.9 Å². The smallest absolute Gasteiger partial charge is 0.227 e. The minimum Gasteiger partial charge on any atom is -0.378 e. The first-order chi connectivity index (χ1) is 14.9. The fourth-order valence-corrected chi connectivity index (χ4v) is 4.30. The standard InChI is InChI=1S/C22H29N7O2/c1-15(2)29-16(3)25-17-14-24-20(13-18(17)29)26-19-5-9-23-21(27-19)28-10-6-22(31-4,7-11-28)8-12-30/h5,9,12-15H,6-8,10-11H2,1-4H3,(H,23,24,26,27). The average Bonchev–Trinajstić information content (AvgIpc) is 3.10. The molecule has 0 aromatic carbocycles. The predicted molar refractivity (Wildman–Crippen MR) is 120 cm³/mol. The molecule has 0 bridgehead atoms. The van der Waals surface area contributed by atoms with Crippen LogP contribution in [-0.4, -0.2) is 56.6 Å². The van der Waals surface area contributed by atoms with Crippen molar-refractivity contribution in [1.29, 1.82) is 0 Å². The number of carbonyl (C=O) groups excluding carboxylic acids is 1. The molecule has 1 fully saturated rings. The van der Waals surface area contributed by atoms with Crippen LogP contribution in [0.3, 0.4) is 0 Å². The Bertz CT molecular complexity index is 1070. The molecule has 9 heteroatoms. The van der Waals surface area contributed by atoms with Crippen LogP contribution in [-0.2, 0) is 9.53 Å². The Morgan fingerprint density at radius 3 is 2.68 bits per heavy atom. The number of aldehydes is 1. The van der Waals surface area contributed by atoms with E-state index >= 15 is 0 Å². The number of anilines is 3. The van der Waals surface area contributed by atoms with Crippen molar-refractivity contribution < 1.29 is 9.53 Å². The Hall–Kier alpha value is -3.07. The van der Waals surface area contributed by atoms with Gasteiger partial charge >= 0.3 is 0 Å². The molecule has 31 heavy (non-hydrogen) atoms. The molecule has 3 aromatic rings. The first-order valence-corrected chi connectivity index (χ1v) is 10.6. The highest BCUT2D eigenvalue weighted by Gasteiger charge is 2.35. The molecule has 0 unspecified atom stereocenters. The molecular formula is C22H29N7O2. The first-order valence-electron chi connectivity index (χ1n) is 10.6. The maximum absolute atomic E-state index is 11.0. The molecule has 0 spiro atoms. The summed E-state index contributed by atoms with van der Waals surface area (Å²) in [4.78, 5) is 31.4. The Morgan fingerprint density at radius 1 is 1.23 bits per heavy atom. The highest BCUT2D eigenvalue weighted by atomic mass is 16.5. The Balaban J connectivity index is 1.52. The van der Waals surface area contributed by atoms with Gasteiger partial charge in [-0.1, -0.05) is 0 Å². The highest BCUT2D eigenvalue weighted by Crippen LogP contribution is 2.30. The van der Waals surface area contributed by atoms with Crippen molar-refractivity contribution in [2.24, 2.45) is 0 Å². The number of methoxy groups -OCH3 is 1. The van der Waals surface area contributed by atoms with Crippen LogP contribution >= 0.6 is 0 Å². The topological polar surface area (TPSA) is 98.1 Å². The quantitative estimate of drug-likeness (QED) is 0.577. The van der Waals surface area contributed by atoms with Crippen LogP contribution in [0.2, 0.25) is 0 Å². The third-order valence-electron chi connectivity index (χ3n) is 6.01. The van der Waals surface area contributed by atoms with Crippen molar-refractivity contribution in [3.8, 4) is 0 Å². The summed E-state index contributed by atoms with van der Waals surface area (Å²) in [6, 6.07) is 4.14. The van der Waals surface area contributed by atoms with Gasteiger partial charge in [-0.3, -0.25) is 0 Å². The van der Waals surface area contributed by atoms with E-state index in [4.69, 9.17) is 4.74 Å². The van der Waals surface area contributed by atoms with E-state index in [1.807, 2.05) is 19.1 Å². The largest absolute Gasteiger partial charge is 0.378 e. The third kappa shape index (κ3) is 4.23. The van der Waals surface area contributed by atoms with Gasteiger partial charge in [0.25, 0.3) is 0 Å². The Kier molecular flexibility index (Phi) is 5.86. The SMILES string of the molecule is COC1(CC=O)CCN(c2nccc(Nc3cc4c(cn3)nc(C)n4C(C)C)n2)CC1. The zero-order chi connectivity index (χ0) is 22.0. The van der Waals surface area contributed by atoms with E-state index in [1.165, 1.54) is 0 Å². The number of ether oxygens (including phenoxy) is 1. The van der Waals surface area contributed by atoms with Gasteiger partial charge in [0.15, 0.2) is 0 Å². The molecule has 1 N–H and O–H groups in total. The van der Waals surface area contributed by atoms with Crippen LogP contribution in [0.15, 0.2) is 24.5 Å². The van der Waals surface area contributed by atoms with Crippen molar-refractivity contribution in [1.82, 2.24) is 24.5 Å². The van der Waals surface area contributed by atoms with Crippen LogP contribution in [0.4, 0.5) is 17.6 Å². The predicted octanol–water partition coefficient (Wildman–Crippen LogP) is 3.43. The van der Waals surface area contributed by atoms with E-state index in [9.17, 15) is 4.79 Å². The van der Waals surface area contributed by atoms with Crippen LogP contribution in [0, 0.1) is 6.92 Å². The fraction of sp³-hybridized carbons (Fsp3) is 0.500. The second-order valence-electron chi connectivity index (χ2n) is 8.29. The molecule has 0 aliphatic carbocycles. The molecular weight excluding hydrogens is 394 g/mol. The Morgan fingerprint density at radius 2 is 2.00 bits per heavy atom. The van der Waals surface area contributed by atoms with E-state index in [-0.39, 0.29) is 5.60 Å². The van der Waals surface area contributed by atoms with Gasteiger partial charge in [-0.2, -0.15) is 4.98 Å². The monoisotopic (exact) mass is 423 g/mol. The molecule has 0 radical (unpaired) electrons. The maximum Gasteiger partial charge on any atom is 0.227 e. The van der Waals surface area contributed by atoms with Gasteiger partial charge in [-0.15, -0.1) is 0 Å². The van der Waals surface area contributed by atoms with Gasteiger partial charge in [-0.05, 0) is 39.7 Å². The average molecular weight is 424 g/mol. The van der Waals surface area contributed by atoms with E-state index in [0.717, 1.165) is 49.1 Å². The normalized spacial score (nSPS) is 16.1. The lowest BCUT2D eigenvalue weighted by Crippen LogP contribution is -2.46. The number of hydrogen-bond acceptors (Lipinski definition) is 8. The molecule has 0 amide bonds. The molecule has 9 nitrogen and oxygen atoms in total. The van der Waals surface area contributed by atoms with E-state index < -0.39 is 0 Å². The number of nitrogens with one attached hydrogen (secondary N) is 1. The van der Waals surface area contributed by atoms with Gasteiger partial charge in [0.1, 0.15) is 29.3 Å². The van der Waals surface area contributed by atoms with Gasteiger partial charge in [0.2, 0.25) is 5.95 Å². The van der Waals surface area contributed by atoms with E-state index in [1.54, 1.807) is 19.5 Å². The number of piperidine rings is 1. The molecule has 1 aliphatic heterocycles. The Labute approximate surface area is 181 Å². The number of fused-ring (bicyclic) bond motifs is 1. The number of rotatable bonds is 7. The van der Waals surface area contributed by atoms with E-state index in [0.29, 0.717) is 30.0 Å². The molecule has 0 atom stereocenters. The second-order valence-corrected chi connectivity index (χ2v) is 8.29. The van der Waals surface area contributed by atoms with Gasteiger partial charge in [0, 0.05) is 44.9 Å². The zero-order valence-corrected chi connectivity index (χ0v) is 18.5. The third-order valence-corrected chi connectivity index (χ3v) is 6.01. The number of pyridine rings is 1. The zero-order valence-electron chi connectivity index (χ0n) is 18.5. The summed E-state index contributed by atoms with van der Waals surface area (Å²) in [6.07, 6.45) is 6.42. The summed E-state index contributed by atoms with van der Waals surface area (Å²) in [7, 11) is 1.68. The van der Waals surface area contributed by atoms with Crippen LogP contribution in [0.25, 0.3) is 11.0 Å². The van der Waals surface area contributed by atoms with Crippen molar-refractivity contribution in [2.75, 3.05) is 30.4 Å². The summed E-state index contributed by atoms with van der Waals surface area (Å²) in [5.74, 6) is 3.02. The minimum atomic E-state index is -0.370. The van der Waals surface area contributed by atoms with Crippen molar-refractivity contribution in [3.05, 3.63) is 30.4 Å². The summed E-state index contributed by atoms with van der Waals surface area (Å²) >= 11 is 0. The number of aromatic nitrogens is 5. The van der Waals surface area contributed by atoms with Crippen LogP contribution < -0.4 is 10.2 Å². The number of hydrogen-bond donors (Lipinski definition) is 1. The summed E-state index contributed by atoms with van der Waals surface area (Å²) in [5.41, 5.74) is 1.55. The fourth-order valence-electron chi connectivity index (χ4n) is 4.30. The molecule has 1 saturated heterocycles. The van der Waals surface area contributed by atoms with Crippen LogP contribution in [0.5, 0.6) is 0 Å². The molecule has 1 aliphatic rings. The van der Waals surface area contributed by atoms with Gasteiger partial charge in [-0.25, -0.2) is 15.0 Å². The second kappa shape index (κ2) is 8.58. The lowest BCUT2D eigenvalue weighted by atomic mass is 9.88. The highest BCUT2D eigenvalue weighted by molar-refractivity contribution is 5.79. The number of imidazole rings is 1. The maximum atomic E-state index is 11.0. The summed E-state index contributed by atoms with van der Waals surface area (Å²) in [6.45, 7) is 7.77. The van der Waals surface area contributed by atoms with Gasteiger partial charge in [0.05, 0.1) is 17.3 Å². The van der Waals surface area contributed by atoms with Gasteiger partial charge < -0.3 is 24.3 Å². The number of carbonyl (C=O) groups is 1. The first kappa shape index (κ1) is 21.2. The molecule has 4 rings (SSSR count). The lowest BCUT2D eigenvalue weighted by Gasteiger charge is -2.39. The minimum absolute atomic E-state index is 0.309. The molecule has 164 valence electrons. The summed E-state index contributed by atoms with van der Waals surface area (Å²) < 4.78 is 7.84. The molecule has 0 saturated carbocycles. The van der Waals surface area contributed by atoms with E-state index in [2.05, 4.69) is 48.6 Å². The van der Waals surface area contributed by atoms with Crippen molar-refractivity contribution in [3.63, 3.8) is 0 Å². The number of aryl methyl sites for hydroxylation is 1. The van der Waals surface area contributed by atoms with Crippen LogP contribution in [0.1, 0.15) is 45.0 Å². The van der Waals surface area contributed by atoms with Crippen molar-refractivity contribution in [2.45, 2.75) is 51.7 Å². The molecule has 3 aromatic heterocycles. The summed E-state index contributed by atoms with van der Waals surface area (Å²) in [5, 5.41) is 3.30. The molecule has 4 heterocycles. The lowest BCUT2D eigenvalue weighted by molar-refractivity contribution is -0.115. The number of nitrogens with zero attached hydrogens (tertiary/aromatic N) is 6.